The van der Waals surface area contributed by atoms with Gasteiger partial charge in [-0.05, 0) is 44.4 Å². The monoisotopic (exact) mass is 470 g/mol. The molecule has 1 fully saturated rings. The quantitative estimate of drug-likeness (QED) is 0.386. The molecule has 1 saturated heterocycles. The van der Waals surface area contributed by atoms with Crippen molar-refractivity contribution in [1.29, 1.82) is 0 Å². The summed E-state index contributed by atoms with van der Waals surface area (Å²) in [6, 6.07) is 8.16. The molecule has 3 rings (SSSR count). The van der Waals surface area contributed by atoms with Crippen LogP contribution >= 0.6 is 24.0 Å². The molecule has 2 aromatic rings. The molecule has 0 bridgehead atoms. The maximum atomic E-state index is 5.82. The normalized spacial score (nSPS) is 19.8. The molecule has 142 valence electrons. The Balaban J connectivity index is 0.00000243. The van der Waals surface area contributed by atoms with Gasteiger partial charge in [0.2, 0.25) is 0 Å². The Bertz CT molecular complexity index is 680. The minimum Gasteiger partial charge on any atom is -0.373 e. The molecule has 0 saturated carbocycles. The van der Waals surface area contributed by atoms with Gasteiger partial charge in [-0.1, -0.05) is 12.1 Å². The van der Waals surface area contributed by atoms with Crippen molar-refractivity contribution in [3.8, 4) is 5.69 Å². The number of ether oxygens (including phenoxy) is 1. The topological polar surface area (TPSA) is 76.4 Å². The molecule has 0 spiro atoms. The zero-order chi connectivity index (χ0) is 17.5. The van der Waals surface area contributed by atoms with Crippen molar-refractivity contribution in [1.82, 2.24) is 25.4 Å². The Morgan fingerprint density at radius 3 is 2.73 bits per heavy atom. The van der Waals surface area contributed by atoms with Gasteiger partial charge >= 0.3 is 0 Å². The summed E-state index contributed by atoms with van der Waals surface area (Å²) < 4.78 is 7.56. The van der Waals surface area contributed by atoms with Crippen LogP contribution in [0.2, 0.25) is 0 Å². The molecule has 0 amide bonds. The molecule has 1 aromatic carbocycles. The predicted molar refractivity (Wildman–Crippen MR) is 113 cm³/mol. The third-order valence-electron chi connectivity index (χ3n) is 4.31. The summed E-state index contributed by atoms with van der Waals surface area (Å²) in [7, 11) is 0. The zero-order valence-corrected chi connectivity index (χ0v) is 17.6. The first-order valence-electron chi connectivity index (χ1n) is 8.79. The number of aromatic nitrogens is 3. The van der Waals surface area contributed by atoms with E-state index in [9.17, 15) is 0 Å². The number of nitrogens with zero attached hydrogens (tertiary/aromatic N) is 4. The van der Waals surface area contributed by atoms with Crippen LogP contribution in [-0.2, 0) is 11.3 Å². The summed E-state index contributed by atoms with van der Waals surface area (Å²) in [5.74, 6) is 0.819. The third-order valence-corrected chi connectivity index (χ3v) is 4.31. The van der Waals surface area contributed by atoms with Gasteiger partial charge in [-0.15, -0.1) is 24.0 Å². The van der Waals surface area contributed by atoms with Crippen LogP contribution in [0.3, 0.4) is 0 Å². The summed E-state index contributed by atoms with van der Waals surface area (Å²) in [4.78, 5) is 8.64. The summed E-state index contributed by atoms with van der Waals surface area (Å²) in [6.45, 7) is 7.28. The van der Waals surface area contributed by atoms with Gasteiger partial charge in [-0.2, -0.15) is 5.10 Å². The van der Waals surface area contributed by atoms with Gasteiger partial charge in [0.25, 0.3) is 0 Å². The molecule has 1 unspecified atom stereocenters. The Labute approximate surface area is 171 Å². The summed E-state index contributed by atoms with van der Waals surface area (Å²) in [6.07, 6.45) is 5.43. The lowest BCUT2D eigenvalue weighted by Crippen LogP contribution is -2.45. The van der Waals surface area contributed by atoms with Crippen LogP contribution in [0.15, 0.2) is 41.9 Å². The van der Waals surface area contributed by atoms with Crippen molar-refractivity contribution >= 4 is 29.9 Å². The number of benzene rings is 1. The Kier molecular flexibility index (Phi) is 7.83. The van der Waals surface area contributed by atoms with Crippen LogP contribution in [-0.4, -0.2) is 46.0 Å². The minimum atomic E-state index is -0.0877. The first-order valence-corrected chi connectivity index (χ1v) is 8.79. The summed E-state index contributed by atoms with van der Waals surface area (Å²) >= 11 is 0. The zero-order valence-electron chi connectivity index (χ0n) is 15.3. The number of hydrogen-bond donors (Lipinski definition) is 2. The van der Waals surface area contributed by atoms with E-state index in [2.05, 4.69) is 51.7 Å². The van der Waals surface area contributed by atoms with Crippen molar-refractivity contribution < 1.29 is 4.74 Å². The molecule has 0 radical (unpaired) electrons. The summed E-state index contributed by atoms with van der Waals surface area (Å²) in [5.41, 5.74) is 2.04. The largest absolute Gasteiger partial charge is 0.373 e. The second-order valence-electron chi connectivity index (χ2n) is 6.46. The van der Waals surface area contributed by atoms with Crippen LogP contribution in [0.4, 0.5) is 0 Å². The van der Waals surface area contributed by atoms with E-state index in [4.69, 9.17) is 4.74 Å². The highest BCUT2D eigenvalue weighted by molar-refractivity contribution is 14.0. The first kappa shape index (κ1) is 20.6. The van der Waals surface area contributed by atoms with E-state index in [1.165, 1.54) is 6.33 Å². The van der Waals surface area contributed by atoms with Crippen molar-refractivity contribution in [2.45, 2.75) is 38.8 Å². The summed E-state index contributed by atoms with van der Waals surface area (Å²) in [5, 5.41) is 10.8. The Morgan fingerprint density at radius 2 is 2.12 bits per heavy atom. The second kappa shape index (κ2) is 9.86. The van der Waals surface area contributed by atoms with E-state index in [0.717, 1.165) is 49.7 Å². The number of nitrogens with one attached hydrogen (secondary N) is 2. The lowest BCUT2D eigenvalue weighted by atomic mass is 10.0. The third kappa shape index (κ3) is 5.66. The van der Waals surface area contributed by atoms with Gasteiger partial charge in [0.05, 0.1) is 17.8 Å². The smallest absolute Gasteiger partial charge is 0.191 e. The minimum absolute atomic E-state index is 0. The number of halogens is 1. The van der Waals surface area contributed by atoms with Gasteiger partial charge in [0, 0.05) is 19.7 Å². The Morgan fingerprint density at radius 1 is 1.31 bits per heavy atom. The van der Waals surface area contributed by atoms with Crippen LogP contribution in [0.1, 0.15) is 32.3 Å². The molecular formula is C18H27IN6O. The first-order chi connectivity index (χ1) is 12.2. The van der Waals surface area contributed by atoms with Gasteiger partial charge in [0.15, 0.2) is 5.96 Å². The van der Waals surface area contributed by atoms with Gasteiger partial charge < -0.3 is 15.4 Å². The van der Waals surface area contributed by atoms with E-state index in [0.29, 0.717) is 6.54 Å². The van der Waals surface area contributed by atoms with Gasteiger partial charge in [-0.3, -0.25) is 0 Å². The van der Waals surface area contributed by atoms with Crippen LogP contribution < -0.4 is 10.6 Å². The molecule has 1 aliphatic rings. The molecule has 1 aliphatic heterocycles. The van der Waals surface area contributed by atoms with E-state index in [1.54, 1.807) is 11.0 Å². The van der Waals surface area contributed by atoms with E-state index < -0.39 is 0 Å². The molecular weight excluding hydrogens is 443 g/mol. The fourth-order valence-corrected chi connectivity index (χ4v) is 2.85. The molecule has 0 aliphatic carbocycles. The number of guanidine groups is 1. The van der Waals surface area contributed by atoms with Crippen LogP contribution in [0.5, 0.6) is 0 Å². The van der Waals surface area contributed by atoms with Crippen LogP contribution in [0, 0.1) is 0 Å². The molecule has 2 N–H and O–H groups in total. The Hall–Kier alpha value is -1.68. The van der Waals surface area contributed by atoms with E-state index in [1.807, 2.05) is 12.1 Å². The lowest BCUT2D eigenvalue weighted by Gasteiger charge is -2.24. The van der Waals surface area contributed by atoms with Crippen molar-refractivity contribution in [2.24, 2.45) is 4.99 Å². The molecule has 1 aromatic heterocycles. The lowest BCUT2D eigenvalue weighted by molar-refractivity contribution is 0.0243. The van der Waals surface area contributed by atoms with Crippen molar-refractivity contribution in [3.63, 3.8) is 0 Å². The molecule has 26 heavy (non-hydrogen) atoms. The van der Waals surface area contributed by atoms with Crippen LogP contribution in [0.25, 0.3) is 5.69 Å². The maximum absolute atomic E-state index is 5.82. The second-order valence-corrected chi connectivity index (χ2v) is 6.46. The highest BCUT2D eigenvalue weighted by Gasteiger charge is 2.29. The van der Waals surface area contributed by atoms with Crippen molar-refractivity contribution in [2.75, 3.05) is 19.7 Å². The average Bonchev–Trinajstić information content (AvgIpc) is 3.30. The van der Waals surface area contributed by atoms with Gasteiger partial charge in [0.1, 0.15) is 12.7 Å². The number of rotatable bonds is 6. The highest BCUT2D eigenvalue weighted by atomic mass is 127. The molecule has 8 heteroatoms. The average molecular weight is 470 g/mol. The standard InChI is InChI=1S/C18H26N6O.HI/c1-3-20-17(22-12-18(2)9-4-10-25-18)21-11-15-5-7-16(8-6-15)24-14-19-13-23-24;/h5-8,13-14H,3-4,9-12H2,1-2H3,(H2,20,21,22);1H. The van der Waals surface area contributed by atoms with Crippen molar-refractivity contribution in [3.05, 3.63) is 42.5 Å². The predicted octanol–water partition coefficient (Wildman–Crippen LogP) is 2.51. The fourth-order valence-electron chi connectivity index (χ4n) is 2.85. The maximum Gasteiger partial charge on any atom is 0.191 e. The van der Waals surface area contributed by atoms with E-state index >= 15 is 0 Å². The molecule has 2 heterocycles. The fraction of sp³-hybridized carbons (Fsp3) is 0.500. The number of hydrogen-bond acceptors (Lipinski definition) is 4. The molecule has 7 nitrogen and oxygen atoms in total. The van der Waals surface area contributed by atoms with E-state index in [-0.39, 0.29) is 29.6 Å². The SMILES string of the molecule is CCNC(=NCc1ccc(-n2cncn2)cc1)NCC1(C)CCCO1.I. The van der Waals surface area contributed by atoms with Gasteiger partial charge in [-0.25, -0.2) is 14.7 Å². The highest BCUT2D eigenvalue weighted by Crippen LogP contribution is 2.23. The molecule has 1 atom stereocenters. The number of aliphatic imine (C=N–C) groups is 1.